The summed E-state index contributed by atoms with van der Waals surface area (Å²) in [6.45, 7) is 2.37. The molecule has 26 heavy (non-hydrogen) atoms. The van der Waals surface area contributed by atoms with Gasteiger partial charge in [0.1, 0.15) is 10.4 Å². The molecule has 0 saturated carbocycles. The van der Waals surface area contributed by atoms with Crippen LogP contribution in [0.15, 0.2) is 58.3 Å². The standard InChI is InChI=1S/C19H16N4O2S/c1-12-6-5-7-13(10-12)11-23-16-15(14-8-3-4-9-20-14)21-26-17(16)18(24)22(2)19(23)25/h3-10H,11H2,1-2H3. The van der Waals surface area contributed by atoms with Crippen LogP contribution >= 0.6 is 11.5 Å². The third-order valence-electron chi connectivity index (χ3n) is 4.28. The van der Waals surface area contributed by atoms with Crippen molar-refractivity contribution in [1.82, 2.24) is 18.5 Å². The molecule has 0 aliphatic rings. The first-order chi connectivity index (χ1) is 12.6. The highest BCUT2D eigenvalue weighted by Crippen LogP contribution is 2.27. The molecule has 0 unspecified atom stereocenters. The van der Waals surface area contributed by atoms with Gasteiger partial charge in [-0.05, 0) is 36.2 Å². The van der Waals surface area contributed by atoms with Crippen LogP contribution in [-0.2, 0) is 13.6 Å². The number of rotatable bonds is 3. The summed E-state index contributed by atoms with van der Waals surface area (Å²) in [6.07, 6.45) is 1.67. The molecule has 7 heteroatoms. The van der Waals surface area contributed by atoms with E-state index in [9.17, 15) is 9.59 Å². The molecule has 0 bridgehead atoms. The van der Waals surface area contributed by atoms with E-state index in [2.05, 4.69) is 9.36 Å². The summed E-state index contributed by atoms with van der Waals surface area (Å²) in [5.41, 5.74) is 3.17. The molecule has 0 aliphatic carbocycles. The predicted molar refractivity (Wildman–Crippen MR) is 103 cm³/mol. The highest BCUT2D eigenvalue weighted by molar-refractivity contribution is 7.13. The van der Waals surface area contributed by atoms with Gasteiger partial charge >= 0.3 is 5.69 Å². The Balaban J connectivity index is 2.03. The Hall–Kier alpha value is -3.06. The van der Waals surface area contributed by atoms with E-state index in [4.69, 9.17) is 0 Å². The maximum absolute atomic E-state index is 12.9. The van der Waals surface area contributed by atoms with Gasteiger partial charge in [-0.1, -0.05) is 35.9 Å². The van der Waals surface area contributed by atoms with Crippen molar-refractivity contribution in [3.8, 4) is 11.4 Å². The lowest BCUT2D eigenvalue weighted by Crippen LogP contribution is -2.38. The molecule has 0 amide bonds. The Labute approximate surface area is 153 Å². The monoisotopic (exact) mass is 364 g/mol. The SMILES string of the molecule is Cc1cccc(Cn2c(=O)n(C)c(=O)c3snc(-c4ccccn4)c32)c1. The molecule has 6 nitrogen and oxygen atoms in total. The smallest absolute Gasteiger partial charge is 0.286 e. The molecule has 4 rings (SSSR count). The van der Waals surface area contributed by atoms with Crippen LogP contribution in [0, 0.1) is 6.92 Å². The minimum Gasteiger partial charge on any atom is -0.286 e. The number of hydrogen-bond donors (Lipinski definition) is 0. The molecule has 3 aromatic heterocycles. The van der Waals surface area contributed by atoms with E-state index in [1.807, 2.05) is 49.4 Å². The first-order valence-electron chi connectivity index (χ1n) is 8.12. The van der Waals surface area contributed by atoms with Crippen molar-refractivity contribution in [3.05, 3.63) is 80.6 Å². The van der Waals surface area contributed by atoms with E-state index in [-0.39, 0.29) is 11.2 Å². The Kier molecular flexibility index (Phi) is 4.00. The fourth-order valence-corrected chi connectivity index (χ4v) is 3.87. The molecule has 0 radical (unpaired) electrons. The predicted octanol–water partition coefficient (Wildman–Crippen LogP) is 2.58. The first-order valence-corrected chi connectivity index (χ1v) is 8.90. The van der Waals surface area contributed by atoms with E-state index in [0.717, 1.165) is 27.2 Å². The number of hydrogen-bond acceptors (Lipinski definition) is 5. The van der Waals surface area contributed by atoms with Crippen molar-refractivity contribution in [1.29, 1.82) is 0 Å². The van der Waals surface area contributed by atoms with Gasteiger partial charge in [0.25, 0.3) is 5.56 Å². The average molecular weight is 364 g/mol. The second kappa shape index (κ2) is 6.34. The molecular weight excluding hydrogens is 348 g/mol. The van der Waals surface area contributed by atoms with Gasteiger partial charge in [0.15, 0.2) is 0 Å². The van der Waals surface area contributed by atoms with Crippen molar-refractivity contribution in [3.63, 3.8) is 0 Å². The summed E-state index contributed by atoms with van der Waals surface area (Å²) < 4.78 is 7.64. The van der Waals surface area contributed by atoms with E-state index in [0.29, 0.717) is 28.1 Å². The van der Waals surface area contributed by atoms with E-state index < -0.39 is 0 Å². The molecular formula is C19H16N4O2S. The summed E-state index contributed by atoms with van der Waals surface area (Å²) >= 11 is 1.10. The third-order valence-corrected chi connectivity index (χ3v) is 5.11. The summed E-state index contributed by atoms with van der Waals surface area (Å²) in [4.78, 5) is 29.7. The summed E-state index contributed by atoms with van der Waals surface area (Å²) in [5.74, 6) is 0. The number of aryl methyl sites for hydroxylation is 1. The highest BCUT2D eigenvalue weighted by atomic mass is 32.1. The molecule has 0 aliphatic heterocycles. The van der Waals surface area contributed by atoms with Crippen LogP contribution in [0.2, 0.25) is 0 Å². The van der Waals surface area contributed by atoms with Crippen molar-refractivity contribution in [2.24, 2.45) is 7.05 Å². The minimum absolute atomic E-state index is 0.329. The summed E-state index contributed by atoms with van der Waals surface area (Å²) in [7, 11) is 1.50. The van der Waals surface area contributed by atoms with Crippen molar-refractivity contribution < 1.29 is 0 Å². The van der Waals surface area contributed by atoms with Crippen LogP contribution < -0.4 is 11.2 Å². The Bertz CT molecular complexity index is 1220. The maximum atomic E-state index is 12.9. The van der Waals surface area contributed by atoms with Crippen LogP contribution in [-0.4, -0.2) is 18.5 Å². The second-order valence-electron chi connectivity index (χ2n) is 6.15. The number of aromatic nitrogens is 4. The maximum Gasteiger partial charge on any atom is 0.331 e. The Morgan fingerprint density at radius 1 is 1.12 bits per heavy atom. The number of benzene rings is 1. The zero-order chi connectivity index (χ0) is 18.3. The van der Waals surface area contributed by atoms with Crippen LogP contribution in [0.4, 0.5) is 0 Å². The fraction of sp³-hybridized carbons (Fsp3) is 0.158. The fourth-order valence-electron chi connectivity index (χ4n) is 3.00. The molecule has 0 atom stereocenters. The first kappa shape index (κ1) is 16.4. The summed E-state index contributed by atoms with van der Waals surface area (Å²) in [5, 5.41) is 0. The van der Waals surface area contributed by atoms with Crippen molar-refractivity contribution in [2.75, 3.05) is 0 Å². The number of nitrogens with zero attached hydrogens (tertiary/aromatic N) is 4. The van der Waals surface area contributed by atoms with Gasteiger partial charge in [0.05, 0.1) is 17.8 Å². The van der Waals surface area contributed by atoms with Gasteiger partial charge in [0.2, 0.25) is 0 Å². The quantitative estimate of drug-likeness (QED) is 0.560. The second-order valence-corrected chi connectivity index (χ2v) is 6.92. The van der Waals surface area contributed by atoms with Gasteiger partial charge in [-0.15, -0.1) is 0 Å². The van der Waals surface area contributed by atoms with Crippen LogP contribution in [0.5, 0.6) is 0 Å². The average Bonchev–Trinajstić information content (AvgIpc) is 3.09. The molecule has 0 N–H and O–H groups in total. The third kappa shape index (κ3) is 2.66. The zero-order valence-corrected chi connectivity index (χ0v) is 15.2. The van der Waals surface area contributed by atoms with Gasteiger partial charge in [-0.2, -0.15) is 4.37 Å². The number of fused-ring (bicyclic) bond motifs is 1. The van der Waals surface area contributed by atoms with E-state index in [1.165, 1.54) is 7.05 Å². The Morgan fingerprint density at radius 3 is 2.69 bits per heavy atom. The van der Waals surface area contributed by atoms with E-state index in [1.54, 1.807) is 10.8 Å². The minimum atomic E-state index is -0.360. The van der Waals surface area contributed by atoms with Gasteiger partial charge < -0.3 is 0 Å². The normalized spacial score (nSPS) is 11.2. The van der Waals surface area contributed by atoms with Crippen LogP contribution in [0.25, 0.3) is 21.6 Å². The van der Waals surface area contributed by atoms with E-state index >= 15 is 0 Å². The summed E-state index contributed by atoms with van der Waals surface area (Å²) in [6, 6.07) is 13.5. The van der Waals surface area contributed by atoms with Gasteiger partial charge in [-0.25, -0.2) is 4.79 Å². The molecule has 3 heterocycles. The topological polar surface area (TPSA) is 69.8 Å². The number of pyridine rings is 1. The van der Waals surface area contributed by atoms with Crippen molar-refractivity contribution >= 4 is 21.7 Å². The molecule has 0 saturated heterocycles. The lowest BCUT2D eigenvalue weighted by atomic mass is 10.1. The largest absolute Gasteiger partial charge is 0.331 e. The van der Waals surface area contributed by atoms with Crippen molar-refractivity contribution in [2.45, 2.75) is 13.5 Å². The molecule has 0 fully saturated rings. The van der Waals surface area contributed by atoms with Gasteiger partial charge in [-0.3, -0.25) is 18.9 Å². The molecule has 0 spiro atoms. The molecule has 130 valence electrons. The Morgan fingerprint density at radius 2 is 1.96 bits per heavy atom. The van der Waals surface area contributed by atoms with Gasteiger partial charge in [0, 0.05) is 13.2 Å². The van der Waals surface area contributed by atoms with Crippen LogP contribution in [0.3, 0.4) is 0 Å². The van der Waals surface area contributed by atoms with Crippen LogP contribution in [0.1, 0.15) is 11.1 Å². The molecule has 1 aromatic carbocycles. The lowest BCUT2D eigenvalue weighted by molar-refractivity contribution is 0.675. The lowest BCUT2D eigenvalue weighted by Gasteiger charge is -2.11. The zero-order valence-electron chi connectivity index (χ0n) is 14.3. The highest BCUT2D eigenvalue weighted by Gasteiger charge is 2.19. The molecule has 4 aromatic rings.